The molecule has 25 heavy (non-hydrogen) atoms. The molecule has 0 bridgehead atoms. The summed E-state index contributed by atoms with van der Waals surface area (Å²) in [6.45, 7) is 2.19. The van der Waals surface area contributed by atoms with E-state index in [1.165, 1.54) is 0 Å². The molecule has 0 spiro atoms. The fourth-order valence-electron chi connectivity index (χ4n) is 4.17. The molecule has 8 heteroatoms. The minimum absolute atomic E-state index is 0.00139. The monoisotopic (exact) mass is 359 g/mol. The van der Waals surface area contributed by atoms with Gasteiger partial charge in [-0.1, -0.05) is 6.92 Å². The van der Waals surface area contributed by atoms with Gasteiger partial charge in [-0.2, -0.15) is 0 Å². The van der Waals surface area contributed by atoms with E-state index in [2.05, 4.69) is 31.0 Å². The lowest BCUT2D eigenvalue weighted by Crippen LogP contribution is -2.35. The summed E-state index contributed by atoms with van der Waals surface area (Å²) in [7, 11) is -3.15. The molecular weight excluding hydrogens is 338 g/mol. The molecule has 2 aliphatic rings. The quantitative estimate of drug-likeness (QED) is 0.747. The fraction of sp³-hybridized carbons (Fsp3) is 0.529. The van der Waals surface area contributed by atoms with Gasteiger partial charge in [0.05, 0.1) is 28.7 Å². The zero-order chi connectivity index (χ0) is 17.2. The van der Waals surface area contributed by atoms with Crippen LogP contribution in [0.25, 0.3) is 16.7 Å². The molecule has 0 radical (unpaired) electrons. The number of imidazole rings is 1. The number of fused-ring (bicyclic) bond motifs is 3. The summed E-state index contributed by atoms with van der Waals surface area (Å²) in [6.07, 6.45) is 8.79. The average molecular weight is 359 g/mol. The molecule has 2 fully saturated rings. The predicted molar refractivity (Wildman–Crippen MR) is 94.8 cm³/mol. The van der Waals surface area contributed by atoms with Gasteiger partial charge in [-0.3, -0.25) is 4.40 Å². The Labute approximate surface area is 145 Å². The molecule has 0 aliphatic heterocycles. The lowest BCUT2D eigenvalue weighted by Gasteiger charge is -2.14. The van der Waals surface area contributed by atoms with Crippen LogP contribution in [0.5, 0.6) is 0 Å². The van der Waals surface area contributed by atoms with Crippen molar-refractivity contribution in [3.05, 3.63) is 30.5 Å². The first-order chi connectivity index (χ1) is 12.0. The standard InChI is InChI=1S/C17H21N5O2S/c1-10-6-11(21-25(23,24)13-2-3-13)7-14(10)17-20-9-12-8-19-16-15(22(12)17)4-5-18-16/h4-5,8-11,13-14,18,21H,2-3,6-7H2,1H3/t10?,11-,14-/m0/s1. The molecule has 1 unspecified atom stereocenters. The van der Waals surface area contributed by atoms with Crippen LogP contribution in [-0.2, 0) is 10.0 Å². The molecule has 132 valence electrons. The largest absolute Gasteiger partial charge is 0.345 e. The number of sulfonamides is 1. The Hall–Kier alpha value is -1.93. The van der Waals surface area contributed by atoms with Gasteiger partial charge in [-0.25, -0.2) is 23.1 Å². The summed E-state index contributed by atoms with van der Waals surface area (Å²) in [6, 6.07) is 2.01. The van der Waals surface area contributed by atoms with Crippen molar-refractivity contribution in [1.29, 1.82) is 0 Å². The smallest absolute Gasteiger partial charge is 0.214 e. The van der Waals surface area contributed by atoms with Crippen molar-refractivity contribution < 1.29 is 8.42 Å². The van der Waals surface area contributed by atoms with Crippen molar-refractivity contribution >= 4 is 26.7 Å². The Bertz CT molecular complexity index is 1050. The zero-order valence-electron chi connectivity index (χ0n) is 14.0. The SMILES string of the molecule is CC1C[C@H](NS(=O)(=O)C2CC2)C[C@@H]1c1ncc2cnc3[nH]ccc3n12. The lowest BCUT2D eigenvalue weighted by molar-refractivity contribution is 0.508. The van der Waals surface area contributed by atoms with Gasteiger partial charge in [-0.15, -0.1) is 0 Å². The summed E-state index contributed by atoms with van der Waals surface area (Å²) < 4.78 is 29.6. The van der Waals surface area contributed by atoms with Crippen molar-refractivity contribution in [2.24, 2.45) is 5.92 Å². The third-order valence-electron chi connectivity index (χ3n) is 5.59. The van der Waals surface area contributed by atoms with Crippen molar-refractivity contribution in [2.75, 3.05) is 0 Å². The van der Waals surface area contributed by atoms with E-state index in [-0.39, 0.29) is 17.2 Å². The molecular formula is C17H21N5O2S. The van der Waals surface area contributed by atoms with Crippen LogP contribution >= 0.6 is 0 Å². The maximum atomic E-state index is 12.3. The van der Waals surface area contributed by atoms with Gasteiger partial charge in [0, 0.05) is 18.2 Å². The number of H-pyrrole nitrogens is 1. The molecule has 0 saturated heterocycles. The number of nitrogens with zero attached hydrogens (tertiary/aromatic N) is 3. The highest BCUT2D eigenvalue weighted by atomic mass is 32.2. The van der Waals surface area contributed by atoms with Crippen LogP contribution in [0.2, 0.25) is 0 Å². The van der Waals surface area contributed by atoms with Crippen LogP contribution in [0.4, 0.5) is 0 Å². The molecule has 3 heterocycles. The Morgan fingerprint density at radius 2 is 2.04 bits per heavy atom. The molecule has 3 aromatic rings. The van der Waals surface area contributed by atoms with E-state index in [4.69, 9.17) is 0 Å². The Morgan fingerprint density at radius 3 is 2.84 bits per heavy atom. The van der Waals surface area contributed by atoms with Crippen LogP contribution in [0.15, 0.2) is 24.7 Å². The minimum atomic E-state index is -3.15. The molecule has 2 aliphatic carbocycles. The highest BCUT2D eigenvalue weighted by Crippen LogP contribution is 2.40. The van der Waals surface area contributed by atoms with E-state index < -0.39 is 10.0 Å². The molecule has 2 N–H and O–H groups in total. The second-order valence-corrected chi connectivity index (χ2v) is 9.45. The first kappa shape index (κ1) is 15.3. The summed E-state index contributed by atoms with van der Waals surface area (Å²) in [5, 5.41) is -0.167. The summed E-state index contributed by atoms with van der Waals surface area (Å²) >= 11 is 0. The second kappa shape index (κ2) is 5.28. The Balaban J connectivity index is 1.49. The Kier molecular flexibility index (Phi) is 3.24. The third-order valence-corrected chi connectivity index (χ3v) is 7.61. The number of hydrogen-bond acceptors (Lipinski definition) is 4. The van der Waals surface area contributed by atoms with E-state index in [1.807, 2.05) is 24.7 Å². The summed E-state index contributed by atoms with van der Waals surface area (Å²) in [4.78, 5) is 12.2. The van der Waals surface area contributed by atoms with Gasteiger partial charge >= 0.3 is 0 Å². The van der Waals surface area contributed by atoms with Crippen molar-refractivity contribution in [2.45, 2.75) is 49.8 Å². The normalized spacial score (nSPS) is 27.5. The van der Waals surface area contributed by atoms with Gasteiger partial charge in [0.1, 0.15) is 5.82 Å². The molecule has 2 saturated carbocycles. The predicted octanol–water partition coefficient (Wildman–Crippen LogP) is 2.17. The highest BCUT2D eigenvalue weighted by molar-refractivity contribution is 7.90. The fourth-order valence-corrected chi connectivity index (χ4v) is 5.78. The third kappa shape index (κ3) is 2.46. The number of aromatic amines is 1. The average Bonchev–Trinajstić information content (AvgIpc) is 3.03. The Morgan fingerprint density at radius 1 is 1.24 bits per heavy atom. The maximum absolute atomic E-state index is 12.3. The minimum Gasteiger partial charge on any atom is -0.345 e. The molecule has 7 nitrogen and oxygen atoms in total. The van der Waals surface area contributed by atoms with Crippen molar-refractivity contribution in [3.8, 4) is 0 Å². The van der Waals surface area contributed by atoms with Crippen LogP contribution in [0, 0.1) is 5.92 Å². The van der Waals surface area contributed by atoms with Crippen LogP contribution in [0.1, 0.15) is 44.3 Å². The lowest BCUT2D eigenvalue weighted by atomic mass is 9.97. The maximum Gasteiger partial charge on any atom is 0.214 e. The molecule has 5 rings (SSSR count). The topological polar surface area (TPSA) is 92.2 Å². The van der Waals surface area contributed by atoms with E-state index >= 15 is 0 Å². The number of rotatable bonds is 4. The number of nitrogens with one attached hydrogen (secondary N) is 2. The first-order valence-corrected chi connectivity index (χ1v) is 10.4. The zero-order valence-corrected chi connectivity index (χ0v) is 14.8. The van der Waals surface area contributed by atoms with Gasteiger partial charge in [0.25, 0.3) is 0 Å². The molecule has 0 amide bonds. The van der Waals surface area contributed by atoms with Crippen LogP contribution in [-0.4, -0.2) is 39.1 Å². The summed E-state index contributed by atoms with van der Waals surface area (Å²) in [5.41, 5.74) is 2.82. The highest BCUT2D eigenvalue weighted by Gasteiger charge is 2.41. The second-order valence-electron chi connectivity index (χ2n) is 7.46. The summed E-state index contributed by atoms with van der Waals surface area (Å²) in [5.74, 6) is 1.61. The van der Waals surface area contributed by atoms with Crippen LogP contribution in [0.3, 0.4) is 0 Å². The number of aromatic nitrogens is 4. The van der Waals surface area contributed by atoms with Gasteiger partial charge in [-0.05, 0) is 37.7 Å². The van der Waals surface area contributed by atoms with E-state index in [9.17, 15) is 8.42 Å². The molecule has 0 aromatic carbocycles. The van der Waals surface area contributed by atoms with E-state index in [1.54, 1.807) is 0 Å². The first-order valence-electron chi connectivity index (χ1n) is 8.83. The van der Waals surface area contributed by atoms with E-state index in [0.29, 0.717) is 5.92 Å². The van der Waals surface area contributed by atoms with Crippen molar-refractivity contribution in [1.82, 2.24) is 24.1 Å². The van der Waals surface area contributed by atoms with Crippen molar-refractivity contribution in [3.63, 3.8) is 0 Å². The van der Waals surface area contributed by atoms with Crippen LogP contribution < -0.4 is 4.72 Å². The number of hydrogen-bond donors (Lipinski definition) is 2. The molecule has 3 atom stereocenters. The van der Waals surface area contributed by atoms with Gasteiger partial charge < -0.3 is 4.98 Å². The van der Waals surface area contributed by atoms with Gasteiger partial charge in [0.15, 0.2) is 5.65 Å². The van der Waals surface area contributed by atoms with Gasteiger partial charge in [0.2, 0.25) is 10.0 Å². The van der Waals surface area contributed by atoms with E-state index in [0.717, 1.165) is 48.2 Å². The molecule has 3 aromatic heterocycles.